The fourth-order valence-corrected chi connectivity index (χ4v) is 2.35. The van der Waals surface area contributed by atoms with E-state index in [0.717, 1.165) is 16.3 Å². The van der Waals surface area contributed by atoms with E-state index in [1.165, 1.54) is 0 Å². The van der Waals surface area contributed by atoms with Gasteiger partial charge in [-0.2, -0.15) is 0 Å². The molecule has 0 spiro atoms. The predicted molar refractivity (Wildman–Crippen MR) is 66.8 cm³/mol. The fourth-order valence-electron chi connectivity index (χ4n) is 1.66. The van der Waals surface area contributed by atoms with E-state index in [-0.39, 0.29) is 0 Å². The zero-order valence-corrected chi connectivity index (χ0v) is 10.2. The molecule has 0 fully saturated rings. The van der Waals surface area contributed by atoms with Crippen LogP contribution >= 0.6 is 27.5 Å². The molecule has 0 aromatic heterocycles. The summed E-state index contributed by atoms with van der Waals surface area (Å²) in [7, 11) is 0. The highest BCUT2D eigenvalue weighted by Crippen LogP contribution is 2.25. The van der Waals surface area contributed by atoms with E-state index in [1.807, 2.05) is 36.4 Å². The van der Waals surface area contributed by atoms with Crippen LogP contribution in [0.2, 0.25) is 0 Å². The number of alkyl halides is 1. The maximum absolute atomic E-state index is 11.4. The molecule has 0 saturated heterocycles. The van der Waals surface area contributed by atoms with Crippen LogP contribution in [0.15, 0.2) is 36.4 Å². The fraction of sp³-hybridized carbons (Fsp3) is 0.0833. The molecular formula is C12H8BrClO. The number of carbonyl (C=O) groups excluding carboxylic acids is 1. The molecule has 0 saturated carbocycles. The molecule has 1 nitrogen and oxygen atoms in total. The Labute approximate surface area is 101 Å². The summed E-state index contributed by atoms with van der Waals surface area (Å²) in [5.74, 6) is 0. The monoisotopic (exact) mass is 282 g/mol. The second kappa shape index (κ2) is 4.33. The van der Waals surface area contributed by atoms with Gasteiger partial charge in [0.2, 0.25) is 0 Å². The largest absolute Gasteiger partial charge is 0.276 e. The van der Waals surface area contributed by atoms with Gasteiger partial charge in [0.15, 0.2) is 0 Å². The Hall–Kier alpha value is -0.860. The lowest BCUT2D eigenvalue weighted by molar-refractivity contribution is 0.108. The minimum absolute atomic E-state index is 0.402. The molecule has 0 aliphatic rings. The number of hydrogen-bond acceptors (Lipinski definition) is 1. The van der Waals surface area contributed by atoms with Gasteiger partial charge in [0.25, 0.3) is 5.24 Å². The summed E-state index contributed by atoms with van der Waals surface area (Å²) in [5, 5.41) is 2.17. The Balaban J connectivity index is 2.85. The first-order valence-electron chi connectivity index (χ1n) is 4.50. The van der Waals surface area contributed by atoms with Gasteiger partial charge >= 0.3 is 0 Å². The van der Waals surface area contributed by atoms with Crippen molar-refractivity contribution >= 4 is 43.5 Å². The smallest absolute Gasteiger partial charge is 0.253 e. The van der Waals surface area contributed by atoms with Crippen molar-refractivity contribution in [3.63, 3.8) is 0 Å². The van der Waals surface area contributed by atoms with Gasteiger partial charge in [-0.05, 0) is 27.9 Å². The maximum Gasteiger partial charge on any atom is 0.253 e. The van der Waals surface area contributed by atoms with Crippen LogP contribution in [0.5, 0.6) is 0 Å². The van der Waals surface area contributed by atoms with Crippen LogP contribution in [-0.4, -0.2) is 5.24 Å². The highest BCUT2D eigenvalue weighted by atomic mass is 79.9. The molecule has 0 atom stereocenters. The summed E-state index contributed by atoms with van der Waals surface area (Å²) >= 11 is 8.96. The maximum atomic E-state index is 11.4. The van der Waals surface area contributed by atoms with Gasteiger partial charge in [-0.1, -0.05) is 52.3 Å². The molecular weight excluding hydrogens is 275 g/mol. The summed E-state index contributed by atoms with van der Waals surface area (Å²) in [6, 6.07) is 11.7. The lowest BCUT2D eigenvalue weighted by Gasteiger charge is -2.07. The zero-order chi connectivity index (χ0) is 10.8. The Morgan fingerprint density at radius 3 is 2.60 bits per heavy atom. The van der Waals surface area contributed by atoms with Crippen molar-refractivity contribution in [2.75, 3.05) is 0 Å². The van der Waals surface area contributed by atoms with Crippen LogP contribution in [0.4, 0.5) is 0 Å². The van der Waals surface area contributed by atoms with E-state index in [9.17, 15) is 4.79 Å². The molecule has 0 bridgehead atoms. The molecule has 15 heavy (non-hydrogen) atoms. The highest BCUT2D eigenvalue weighted by Gasteiger charge is 2.11. The van der Waals surface area contributed by atoms with Crippen molar-refractivity contribution in [2.24, 2.45) is 0 Å². The van der Waals surface area contributed by atoms with Crippen molar-refractivity contribution in [2.45, 2.75) is 5.33 Å². The minimum Gasteiger partial charge on any atom is -0.276 e. The Morgan fingerprint density at radius 2 is 1.93 bits per heavy atom. The van der Waals surface area contributed by atoms with Crippen LogP contribution in [0.1, 0.15) is 15.9 Å². The Kier molecular flexibility index (Phi) is 3.08. The van der Waals surface area contributed by atoms with Gasteiger partial charge in [0.1, 0.15) is 0 Å². The average Bonchev–Trinajstić information content (AvgIpc) is 2.27. The van der Waals surface area contributed by atoms with Crippen LogP contribution in [0.3, 0.4) is 0 Å². The lowest BCUT2D eigenvalue weighted by Crippen LogP contribution is -1.96. The van der Waals surface area contributed by atoms with Crippen LogP contribution in [-0.2, 0) is 5.33 Å². The number of benzene rings is 2. The molecule has 0 aliphatic heterocycles. The van der Waals surface area contributed by atoms with Gasteiger partial charge in [-0.15, -0.1) is 0 Å². The Bertz CT molecular complexity index is 522. The van der Waals surface area contributed by atoms with E-state index in [4.69, 9.17) is 11.6 Å². The van der Waals surface area contributed by atoms with Crippen molar-refractivity contribution in [1.29, 1.82) is 0 Å². The molecule has 3 heteroatoms. The van der Waals surface area contributed by atoms with E-state index < -0.39 is 5.24 Å². The van der Waals surface area contributed by atoms with E-state index in [0.29, 0.717) is 10.9 Å². The zero-order valence-electron chi connectivity index (χ0n) is 7.84. The van der Waals surface area contributed by atoms with E-state index in [2.05, 4.69) is 15.9 Å². The lowest BCUT2D eigenvalue weighted by atomic mass is 10.0. The molecule has 0 aliphatic carbocycles. The molecule has 2 aromatic rings. The van der Waals surface area contributed by atoms with Crippen molar-refractivity contribution in [1.82, 2.24) is 0 Å². The summed E-state index contributed by atoms with van der Waals surface area (Å²) in [4.78, 5) is 11.4. The van der Waals surface area contributed by atoms with Crippen molar-refractivity contribution < 1.29 is 4.79 Å². The first kappa shape index (κ1) is 10.7. The van der Waals surface area contributed by atoms with Gasteiger partial charge < -0.3 is 0 Å². The third kappa shape index (κ3) is 1.92. The van der Waals surface area contributed by atoms with Crippen LogP contribution in [0.25, 0.3) is 10.8 Å². The first-order valence-corrected chi connectivity index (χ1v) is 6.00. The topological polar surface area (TPSA) is 17.1 Å². The molecule has 76 valence electrons. The molecule has 2 aromatic carbocycles. The number of fused-ring (bicyclic) bond motifs is 1. The van der Waals surface area contributed by atoms with Gasteiger partial charge in [-0.3, -0.25) is 4.79 Å². The van der Waals surface area contributed by atoms with Gasteiger partial charge in [-0.25, -0.2) is 0 Å². The van der Waals surface area contributed by atoms with Gasteiger partial charge in [0, 0.05) is 10.9 Å². The highest BCUT2D eigenvalue weighted by molar-refractivity contribution is 9.08. The molecule has 0 amide bonds. The van der Waals surface area contributed by atoms with E-state index >= 15 is 0 Å². The third-order valence-corrected chi connectivity index (χ3v) is 3.15. The molecule has 0 N–H and O–H groups in total. The summed E-state index contributed by atoms with van der Waals surface area (Å²) < 4.78 is 0. The van der Waals surface area contributed by atoms with Crippen molar-refractivity contribution in [3.8, 4) is 0 Å². The second-order valence-corrected chi connectivity index (χ2v) is 4.13. The third-order valence-electron chi connectivity index (χ3n) is 2.36. The van der Waals surface area contributed by atoms with Crippen molar-refractivity contribution in [3.05, 3.63) is 47.5 Å². The van der Waals surface area contributed by atoms with Crippen LogP contribution in [0, 0.1) is 0 Å². The average molecular weight is 284 g/mol. The number of carbonyl (C=O) groups is 1. The summed E-state index contributed by atoms with van der Waals surface area (Å²) in [6.07, 6.45) is 0. The molecule has 0 heterocycles. The summed E-state index contributed by atoms with van der Waals surface area (Å²) in [6.45, 7) is 0. The second-order valence-electron chi connectivity index (χ2n) is 3.23. The standard InChI is InChI=1S/C12H8BrClO/c13-7-9-6-5-8-3-1-2-4-10(8)11(9)12(14)15/h1-6H,7H2. The quantitative estimate of drug-likeness (QED) is 0.599. The predicted octanol–water partition coefficient (Wildman–Crippen LogP) is 4.11. The van der Waals surface area contributed by atoms with Crippen LogP contribution < -0.4 is 0 Å². The van der Waals surface area contributed by atoms with Gasteiger partial charge in [0.05, 0.1) is 0 Å². The first-order chi connectivity index (χ1) is 7.24. The molecule has 0 unspecified atom stereocenters. The number of hydrogen-bond donors (Lipinski definition) is 0. The molecule has 0 radical (unpaired) electrons. The summed E-state index contributed by atoms with van der Waals surface area (Å²) in [5.41, 5.74) is 1.53. The normalized spacial score (nSPS) is 10.5. The van der Waals surface area contributed by atoms with E-state index in [1.54, 1.807) is 0 Å². The minimum atomic E-state index is -0.402. The molecule has 2 rings (SSSR count). The number of halogens is 2. The SMILES string of the molecule is O=C(Cl)c1c(CBr)ccc2ccccc12. The number of rotatable bonds is 2. The Morgan fingerprint density at radius 1 is 1.20 bits per heavy atom.